The summed E-state index contributed by atoms with van der Waals surface area (Å²) in [7, 11) is 0. The summed E-state index contributed by atoms with van der Waals surface area (Å²) in [5, 5.41) is 4.87. The lowest BCUT2D eigenvalue weighted by Crippen LogP contribution is -2.40. The Morgan fingerprint density at radius 3 is 2.75 bits per heavy atom. The van der Waals surface area contributed by atoms with Gasteiger partial charge in [0.2, 0.25) is 5.91 Å². The number of halogens is 2. The number of hydrogen-bond donors (Lipinski definition) is 1. The van der Waals surface area contributed by atoms with E-state index in [1.165, 1.54) is 0 Å². The Morgan fingerprint density at radius 2 is 2.04 bits per heavy atom. The minimum atomic E-state index is -2.33. The number of pyridine rings is 1. The lowest BCUT2D eigenvalue weighted by atomic mass is 9.96. The van der Waals surface area contributed by atoms with Gasteiger partial charge in [0.1, 0.15) is 5.82 Å². The molecule has 0 radical (unpaired) electrons. The second kappa shape index (κ2) is 8.28. The number of carbonyl (C=O) groups is 1. The summed E-state index contributed by atoms with van der Waals surface area (Å²) in [6.45, 7) is 0.820. The van der Waals surface area contributed by atoms with Gasteiger partial charge < -0.3 is 5.32 Å². The summed E-state index contributed by atoms with van der Waals surface area (Å²) in [4.78, 5) is 23.8. The monoisotopic (exact) mass is 402 g/mol. The highest BCUT2D eigenvalue weighted by Gasteiger charge is 2.26. The third-order valence-electron chi connectivity index (χ3n) is 5.04. The van der Waals surface area contributed by atoms with Gasteiger partial charge in [-0.3, -0.25) is 14.7 Å². The molecule has 3 aromatic rings. The first-order valence-electron chi connectivity index (χ1n) is 9.18. The van der Waals surface area contributed by atoms with E-state index in [4.69, 9.17) is 0 Å². The van der Waals surface area contributed by atoms with Gasteiger partial charge in [-0.15, -0.1) is 11.3 Å². The van der Waals surface area contributed by atoms with Gasteiger partial charge in [-0.2, -0.15) is 0 Å². The van der Waals surface area contributed by atoms with Crippen molar-refractivity contribution < 1.29 is 13.6 Å². The Bertz CT molecular complexity index is 956. The molecule has 1 aliphatic rings. The van der Waals surface area contributed by atoms with Crippen molar-refractivity contribution in [1.82, 2.24) is 14.9 Å². The van der Waals surface area contributed by atoms with E-state index >= 15 is 0 Å². The SMILES string of the molecule is O=C(Nc1cc2cc(-c3cncs3)ccc2cn1)C1CCN(CC(F)F)CC1. The predicted molar refractivity (Wildman–Crippen MR) is 107 cm³/mol. The van der Waals surface area contributed by atoms with E-state index in [1.54, 1.807) is 27.9 Å². The number of alkyl halides is 2. The average Bonchev–Trinajstić information content (AvgIpc) is 3.22. The van der Waals surface area contributed by atoms with Crippen LogP contribution in [0.3, 0.4) is 0 Å². The smallest absolute Gasteiger partial charge is 0.251 e. The molecule has 0 atom stereocenters. The maximum Gasteiger partial charge on any atom is 0.251 e. The van der Waals surface area contributed by atoms with Crippen LogP contribution in [0.15, 0.2) is 42.2 Å². The van der Waals surface area contributed by atoms with Crippen LogP contribution in [-0.2, 0) is 4.79 Å². The zero-order valence-corrected chi connectivity index (χ0v) is 16.0. The van der Waals surface area contributed by atoms with Crippen LogP contribution < -0.4 is 5.32 Å². The number of fused-ring (bicyclic) bond motifs is 1. The molecule has 1 N–H and O–H groups in total. The molecule has 0 saturated carbocycles. The van der Waals surface area contributed by atoms with Crippen molar-refractivity contribution in [2.75, 3.05) is 25.0 Å². The maximum atomic E-state index is 12.6. The van der Waals surface area contributed by atoms with Gasteiger partial charge in [-0.1, -0.05) is 12.1 Å². The van der Waals surface area contributed by atoms with E-state index in [9.17, 15) is 13.6 Å². The molecule has 0 spiro atoms. The molecule has 146 valence electrons. The van der Waals surface area contributed by atoms with Crippen LogP contribution in [-0.4, -0.2) is 46.8 Å². The lowest BCUT2D eigenvalue weighted by Gasteiger charge is -2.30. The zero-order chi connectivity index (χ0) is 19.5. The predicted octanol–water partition coefficient (Wildman–Crippen LogP) is 4.27. The quantitative estimate of drug-likeness (QED) is 0.692. The van der Waals surface area contributed by atoms with Crippen LogP contribution >= 0.6 is 11.3 Å². The first kappa shape index (κ1) is 18.9. The van der Waals surface area contributed by atoms with Gasteiger partial charge in [-0.05, 0) is 49.0 Å². The fraction of sp³-hybridized carbons (Fsp3) is 0.350. The molecule has 1 aliphatic heterocycles. The number of rotatable bonds is 5. The summed E-state index contributed by atoms with van der Waals surface area (Å²) >= 11 is 1.57. The number of thiazole rings is 1. The minimum Gasteiger partial charge on any atom is -0.310 e. The molecule has 0 aliphatic carbocycles. The van der Waals surface area contributed by atoms with Gasteiger partial charge in [-0.25, -0.2) is 13.8 Å². The lowest BCUT2D eigenvalue weighted by molar-refractivity contribution is -0.121. The molecule has 1 saturated heterocycles. The number of likely N-dealkylation sites (tertiary alicyclic amines) is 1. The van der Waals surface area contributed by atoms with Crippen molar-refractivity contribution >= 4 is 33.8 Å². The normalized spacial score (nSPS) is 16.0. The van der Waals surface area contributed by atoms with Crippen LogP contribution in [0.2, 0.25) is 0 Å². The second-order valence-corrected chi connectivity index (χ2v) is 7.84. The standard InChI is InChI=1S/C20H20F2N4OS/c21-18(22)11-26-5-3-13(4-6-26)20(27)25-19-8-16-7-14(17-10-23-12-28-17)1-2-15(16)9-24-19/h1-2,7-10,12-13,18H,3-6,11H2,(H,24,25,27). The number of anilines is 1. The average molecular weight is 402 g/mol. The van der Waals surface area contributed by atoms with Crippen LogP contribution in [0.5, 0.6) is 0 Å². The highest BCUT2D eigenvalue weighted by atomic mass is 32.1. The molecule has 1 fully saturated rings. The molecular weight excluding hydrogens is 382 g/mol. The maximum absolute atomic E-state index is 12.6. The molecule has 4 rings (SSSR count). The topological polar surface area (TPSA) is 58.1 Å². The van der Waals surface area contributed by atoms with E-state index in [0.29, 0.717) is 31.7 Å². The number of nitrogens with zero attached hydrogens (tertiary/aromatic N) is 3. The Kier molecular flexibility index (Phi) is 5.59. The fourth-order valence-corrected chi connectivity index (χ4v) is 4.14. The summed E-state index contributed by atoms with van der Waals surface area (Å²) in [6.07, 6.45) is 2.41. The summed E-state index contributed by atoms with van der Waals surface area (Å²) in [5.41, 5.74) is 2.87. The molecule has 28 heavy (non-hydrogen) atoms. The molecule has 0 bridgehead atoms. The van der Waals surface area contributed by atoms with Crippen molar-refractivity contribution in [2.45, 2.75) is 19.3 Å². The third-order valence-corrected chi connectivity index (χ3v) is 5.87. The molecule has 2 aromatic heterocycles. The Balaban J connectivity index is 1.43. The number of amides is 1. The van der Waals surface area contributed by atoms with Crippen molar-refractivity contribution in [2.24, 2.45) is 5.92 Å². The molecule has 8 heteroatoms. The summed E-state index contributed by atoms with van der Waals surface area (Å²) in [6, 6.07) is 7.96. The molecule has 3 heterocycles. The highest BCUT2D eigenvalue weighted by molar-refractivity contribution is 7.13. The molecule has 1 aromatic carbocycles. The van der Waals surface area contributed by atoms with Crippen molar-refractivity contribution in [1.29, 1.82) is 0 Å². The third kappa shape index (κ3) is 4.34. The van der Waals surface area contributed by atoms with Crippen LogP contribution in [0.1, 0.15) is 12.8 Å². The van der Waals surface area contributed by atoms with Gasteiger partial charge in [0.15, 0.2) is 0 Å². The van der Waals surface area contributed by atoms with Gasteiger partial charge in [0.25, 0.3) is 6.43 Å². The number of nitrogens with one attached hydrogen (secondary N) is 1. The van der Waals surface area contributed by atoms with Gasteiger partial charge in [0, 0.05) is 23.7 Å². The van der Waals surface area contributed by atoms with Crippen LogP contribution in [0.4, 0.5) is 14.6 Å². The minimum absolute atomic E-state index is 0.0952. The van der Waals surface area contributed by atoms with Crippen molar-refractivity contribution in [3.8, 4) is 10.4 Å². The van der Waals surface area contributed by atoms with E-state index in [2.05, 4.69) is 21.4 Å². The number of benzene rings is 1. The first-order chi connectivity index (χ1) is 13.6. The van der Waals surface area contributed by atoms with Crippen LogP contribution in [0, 0.1) is 5.92 Å². The number of aromatic nitrogens is 2. The Morgan fingerprint density at radius 1 is 1.21 bits per heavy atom. The molecule has 1 amide bonds. The van der Waals surface area contributed by atoms with Crippen molar-refractivity contribution in [3.63, 3.8) is 0 Å². The largest absolute Gasteiger partial charge is 0.310 e. The van der Waals surface area contributed by atoms with E-state index in [1.807, 2.05) is 24.4 Å². The van der Waals surface area contributed by atoms with Gasteiger partial charge in [0.05, 0.1) is 16.9 Å². The van der Waals surface area contributed by atoms with Crippen molar-refractivity contribution in [3.05, 3.63) is 42.2 Å². The molecular formula is C20H20F2N4OS. The van der Waals surface area contributed by atoms with Gasteiger partial charge >= 0.3 is 0 Å². The fourth-order valence-electron chi connectivity index (χ4n) is 3.52. The number of hydrogen-bond acceptors (Lipinski definition) is 5. The Hall–Kier alpha value is -2.45. The highest BCUT2D eigenvalue weighted by Crippen LogP contribution is 2.28. The first-order valence-corrected chi connectivity index (χ1v) is 10.1. The number of piperidine rings is 1. The number of carbonyl (C=O) groups excluding carboxylic acids is 1. The van der Waals surface area contributed by atoms with E-state index < -0.39 is 6.43 Å². The second-order valence-electron chi connectivity index (χ2n) is 6.95. The van der Waals surface area contributed by atoms with E-state index in [0.717, 1.165) is 21.2 Å². The Labute approximate surface area is 165 Å². The van der Waals surface area contributed by atoms with E-state index in [-0.39, 0.29) is 18.4 Å². The van der Waals surface area contributed by atoms with Crippen LogP contribution in [0.25, 0.3) is 21.2 Å². The summed E-state index contributed by atoms with van der Waals surface area (Å²) < 4.78 is 25.0. The molecule has 0 unspecified atom stereocenters. The zero-order valence-electron chi connectivity index (χ0n) is 15.1. The summed E-state index contributed by atoms with van der Waals surface area (Å²) in [5.74, 6) is 0.242. The molecule has 5 nitrogen and oxygen atoms in total.